The number of nitrogens with zero attached hydrogens (tertiary/aromatic N) is 1. The molecule has 0 aliphatic heterocycles. The van der Waals surface area contributed by atoms with Crippen LogP contribution in [0, 0.1) is 0 Å². The van der Waals surface area contributed by atoms with Crippen molar-refractivity contribution in [3.05, 3.63) is 29.3 Å². The lowest BCUT2D eigenvalue weighted by Crippen LogP contribution is -2.52. The topological polar surface area (TPSA) is 78.5 Å². The van der Waals surface area contributed by atoms with Crippen LogP contribution in [-0.2, 0) is 14.8 Å². The molecule has 0 saturated heterocycles. The lowest BCUT2D eigenvalue weighted by atomic mass is 9.88. The number of benzene rings is 1. The number of hydrogen-bond acceptors (Lipinski definition) is 4. The molecule has 1 amide bonds. The molecule has 8 heteroatoms. The molecule has 1 fully saturated rings. The second-order valence-corrected chi connectivity index (χ2v) is 9.61. The fourth-order valence-corrected chi connectivity index (χ4v) is 4.67. The van der Waals surface area contributed by atoms with Crippen LogP contribution in [0.2, 0.25) is 5.02 Å². The summed E-state index contributed by atoms with van der Waals surface area (Å²) in [6, 6.07) is 5.93. The highest BCUT2D eigenvalue weighted by molar-refractivity contribution is 7.89. The highest BCUT2D eigenvalue weighted by atomic mass is 35.5. The zero-order chi connectivity index (χ0) is 19.9. The van der Waals surface area contributed by atoms with Gasteiger partial charge in [-0.05, 0) is 51.2 Å². The van der Waals surface area contributed by atoms with Crippen LogP contribution in [-0.4, -0.2) is 51.9 Å². The summed E-state index contributed by atoms with van der Waals surface area (Å²) in [6.07, 6.45) is 7.10. The van der Waals surface area contributed by atoms with Crippen molar-refractivity contribution in [2.24, 2.45) is 0 Å². The molecule has 2 rings (SSSR count). The van der Waals surface area contributed by atoms with Crippen LogP contribution in [0.15, 0.2) is 29.2 Å². The van der Waals surface area contributed by atoms with Gasteiger partial charge in [-0.2, -0.15) is 0 Å². The Morgan fingerprint density at radius 2 is 1.70 bits per heavy atom. The van der Waals surface area contributed by atoms with Crippen LogP contribution in [0.25, 0.3) is 0 Å². The number of amides is 1. The molecular weight excluding hydrogens is 386 g/mol. The number of carbonyl (C=O) groups is 1. The first kappa shape index (κ1) is 22.1. The zero-order valence-electron chi connectivity index (χ0n) is 16.1. The van der Waals surface area contributed by atoms with Gasteiger partial charge in [-0.15, -0.1) is 0 Å². The standard InChI is InChI=1S/C19H30ClN3O3S/c1-23(2)19(12-5-3-4-6-13-19)15-21-18(24)11-14-22-27(25,26)17-9-7-16(20)8-10-17/h7-10,22H,3-6,11-15H2,1-2H3,(H,21,24). The quantitative estimate of drug-likeness (QED) is 0.640. The largest absolute Gasteiger partial charge is 0.354 e. The second-order valence-electron chi connectivity index (χ2n) is 7.41. The first-order chi connectivity index (χ1) is 12.8. The molecule has 152 valence electrons. The molecule has 0 unspecified atom stereocenters. The Hall–Kier alpha value is -1.15. The summed E-state index contributed by atoms with van der Waals surface area (Å²) in [5.41, 5.74) is -0.00499. The monoisotopic (exact) mass is 415 g/mol. The van der Waals surface area contributed by atoms with E-state index in [4.69, 9.17) is 11.6 Å². The van der Waals surface area contributed by atoms with Crippen LogP contribution in [0.4, 0.5) is 0 Å². The fourth-order valence-electron chi connectivity index (χ4n) is 3.52. The Bertz CT molecular complexity index is 712. The molecule has 1 aromatic carbocycles. The minimum Gasteiger partial charge on any atom is -0.354 e. The van der Waals surface area contributed by atoms with Crippen molar-refractivity contribution >= 4 is 27.5 Å². The highest BCUT2D eigenvalue weighted by Crippen LogP contribution is 2.30. The van der Waals surface area contributed by atoms with Crippen molar-refractivity contribution in [1.29, 1.82) is 0 Å². The smallest absolute Gasteiger partial charge is 0.240 e. The molecule has 1 aliphatic rings. The lowest BCUT2D eigenvalue weighted by Gasteiger charge is -2.39. The number of carbonyl (C=O) groups excluding carboxylic acids is 1. The molecule has 0 spiro atoms. The van der Waals surface area contributed by atoms with Gasteiger partial charge in [0.05, 0.1) is 4.90 Å². The number of nitrogens with one attached hydrogen (secondary N) is 2. The first-order valence-electron chi connectivity index (χ1n) is 9.45. The van der Waals surface area contributed by atoms with Gasteiger partial charge in [-0.3, -0.25) is 4.79 Å². The molecule has 0 aromatic heterocycles. The van der Waals surface area contributed by atoms with E-state index in [1.165, 1.54) is 49.9 Å². The van der Waals surface area contributed by atoms with Gasteiger partial charge >= 0.3 is 0 Å². The van der Waals surface area contributed by atoms with Gasteiger partial charge in [0.1, 0.15) is 0 Å². The van der Waals surface area contributed by atoms with E-state index in [2.05, 4.69) is 29.0 Å². The maximum atomic E-state index is 12.2. The number of sulfonamides is 1. The van der Waals surface area contributed by atoms with E-state index in [1.54, 1.807) is 0 Å². The van der Waals surface area contributed by atoms with Gasteiger partial charge in [0, 0.05) is 30.1 Å². The highest BCUT2D eigenvalue weighted by Gasteiger charge is 2.33. The number of rotatable bonds is 8. The van der Waals surface area contributed by atoms with Crippen LogP contribution in [0.5, 0.6) is 0 Å². The molecule has 0 atom stereocenters. The molecule has 1 aromatic rings. The third-order valence-corrected chi connectivity index (χ3v) is 7.09. The molecule has 27 heavy (non-hydrogen) atoms. The predicted molar refractivity (Wildman–Crippen MR) is 108 cm³/mol. The summed E-state index contributed by atoms with van der Waals surface area (Å²) < 4.78 is 26.9. The summed E-state index contributed by atoms with van der Waals surface area (Å²) in [6.45, 7) is 0.661. The molecule has 0 bridgehead atoms. The number of hydrogen-bond donors (Lipinski definition) is 2. The Balaban J connectivity index is 1.82. The fraction of sp³-hybridized carbons (Fsp3) is 0.632. The van der Waals surface area contributed by atoms with Crippen LogP contribution >= 0.6 is 11.6 Å². The summed E-state index contributed by atoms with van der Waals surface area (Å²) in [4.78, 5) is 14.6. The van der Waals surface area contributed by atoms with Gasteiger partial charge in [0.25, 0.3) is 0 Å². The van der Waals surface area contributed by atoms with Crippen molar-refractivity contribution in [3.63, 3.8) is 0 Å². The molecule has 0 radical (unpaired) electrons. The second kappa shape index (κ2) is 9.87. The number of halogens is 1. The summed E-state index contributed by atoms with van der Waals surface area (Å²) in [5.74, 6) is -0.140. The Kier molecular flexibility index (Phi) is 8.09. The Morgan fingerprint density at radius 1 is 1.11 bits per heavy atom. The maximum absolute atomic E-state index is 12.2. The van der Waals surface area contributed by atoms with Gasteiger partial charge < -0.3 is 10.2 Å². The minimum absolute atomic E-state index is 0.00499. The molecule has 0 heterocycles. The first-order valence-corrected chi connectivity index (χ1v) is 11.3. The van der Waals surface area contributed by atoms with E-state index in [1.807, 2.05) is 0 Å². The number of likely N-dealkylation sites (N-methyl/N-ethyl adjacent to an activating group) is 1. The molecular formula is C19H30ClN3O3S. The van der Waals surface area contributed by atoms with Crippen molar-refractivity contribution in [2.75, 3.05) is 27.2 Å². The molecule has 1 aliphatic carbocycles. The average Bonchev–Trinajstić information content (AvgIpc) is 2.87. The van der Waals surface area contributed by atoms with Crippen molar-refractivity contribution in [3.8, 4) is 0 Å². The van der Waals surface area contributed by atoms with E-state index in [-0.39, 0.29) is 29.3 Å². The van der Waals surface area contributed by atoms with Crippen molar-refractivity contribution < 1.29 is 13.2 Å². The maximum Gasteiger partial charge on any atom is 0.240 e. The van der Waals surface area contributed by atoms with E-state index < -0.39 is 10.0 Å². The van der Waals surface area contributed by atoms with Gasteiger partial charge in [0.15, 0.2) is 0 Å². The third kappa shape index (κ3) is 6.45. The summed E-state index contributed by atoms with van der Waals surface area (Å²) >= 11 is 5.78. The van der Waals surface area contributed by atoms with Crippen molar-refractivity contribution in [1.82, 2.24) is 14.9 Å². The lowest BCUT2D eigenvalue weighted by molar-refractivity contribution is -0.121. The van der Waals surface area contributed by atoms with E-state index >= 15 is 0 Å². The Labute approximate surface area is 167 Å². The van der Waals surface area contributed by atoms with Gasteiger partial charge in [-0.25, -0.2) is 13.1 Å². The normalized spacial score (nSPS) is 17.5. The Morgan fingerprint density at radius 3 is 2.26 bits per heavy atom. The van der Waals surface area contributed by atoms with E-state index in [9.17, 15) is 13.2 Å². The van der Waals surface area contributed by atoms with E-state index in [0.717, 1.165) is 12.8 Å². The minimum atomic E-state index is -3.64. The van der Waals surface area contributed by atoms with Crippen LogP contribution < -0.4 is 10.0 Å². The predicted octanol–water partition coefficient (Wildman–Crippen LogP) is 2.78. The van der Waals surface area contributed by atoms with Crippen LogP contribution in [0.3, 0.4) is 0 Å². The zero-order valence-corrected chi connectivity index (χ0v) is 17.7. The molecule has 2 N–H and O–H groups in total. The average molecular weight is 416 g/mol. The van der Waals surface area contributed by atoms with Crippen LogP contribution in [0.1, 0.15) is 44.9 Å². The summed E-state index contributed by atoms with van der Waals surface area (Å²) in [5, 5.41) is 3.48. The third-order valence-electron chi connectivity index (χ3n) is 5.37. The van der Waals surface area contributed by atoms with E-state index in [0.29, 0.717) is 11.6 Å². The SMILES string of the molecule is CN(C)C1(CNC(=O)CCNS(=O)(=O)c2ccc(Cl)cc2)CCCCCC1. The molecule has 1 saturated carbocycles. The van der Waals surface area contributed by atoms with Crippen molar-refractivity contribution in [2.45, 2.75) is 55.4 Å². The van der Waals surface area contributed by atoms with Gasteiger partial charge in [0.2, 0.25) is 15.9 Å². The van der Waals surface area contributed by atoms with Gasteiger partial charge in [-0.1, -0.05) is 37.3 Å². The molecule has 6 nitrogen and oxygen atoms in total. The summed E-state index contributed by atoms with van der Waals surface area (Å²) in [7, 11) is 0.499.